The molecule has 0 aliphatic rings. The lowest BCUT2D eigenvalue weighted by Gasteiger charge is -2.15. The molecule has 3 aromatic rings. The zero-order valence-electron chi connectivity index (χ0n) is 15.6. The first-order chi connectivity index (χ1) is 12.6. The summed E-state index contributed by atoms with van der Waals surface area (Å²) in [5.41, 5.74) is 4.10. The molecule has 0 radical (unpaired) electrons. The van der Waals surface area contributed by atoms with E-state index in [2.05, 4.69) is 37.7 Å². The molecule has 0 aliphatic carbocycles. The van der Waals surface area contributed by atoms with E-state index < -0.39 is 0 Å². The molecule has 1 atom stereocenters. The second-order valence-corrected chi connectivity index (χ2v) is 7.15. The van der Waals surface area contributed by atoms with Crippen molar-refractivity contribution in [2.45, 2.75) is 34.1 Å². The first kappa shape index (κ1) is 18.3. The smallest absolute Gasteiger partial charge is 0.219 e. The molecule has 2 heterocycles. The maximum absolute atomic E-state index is 6.04. The minimum Gasteiger partial charge on any atom is -0.437 e. The lowest BCUT2D eigenvalue weighted by molar-refractivity contribution is 0.464. The summed E-state index contributed by atoms with van der Waals surface area (Å²) in [5.74, 6) is 1.69. The van der Waals surface area contributed by atoms with Crippen LogP contribution in [0.3, 0.4) is 0 Å². The van der Waals surface area contributed by atoms with Crippen molar-refractivity contribution in [1.82, 2.24) is 9.97 Å². The molecular formula is C21H23N3OS. The number of rotatable bonds is 6. The Balaban J connectivity index is 2.10. The molecular weight excluding hydrogens is 342 g/mol. The molecule has 2 aromatic heterocycles. The van der Waals surface area contributed by atoms with Crippen molar-refractivity contribution in [2.75, 3.05) is 0 Å². The van der Waals surface area contributed by atoms with Gasteiger partial charge in [0.15, 0.2) is 5.75 Å². The number of pyridine rings is 1. The van der Waals surface area contributed by atoms with Gasteiger partial charge in [-0.15, -0.1) is 11.3 Å². The van der Waals surface area contributed by atoms with Gasteiger partial charge in [-0.05, 0) is 49.9 Å². The van der Waals surface area contributed by atoms with Crippen LogP contribution in [0.2, 0.25) is 0 Å². The number of ether oxygens (including phenoxy) is 1. The topological polar surface area (TPSA) is 47.4 Å². The molecule has 5 heteroatoms. The highest BCUT2D eigenvalue weighted by Gasteiger charge is 2.16. The molecule has 1 unspecified atom stereocenters. The van der Waals surface area contributed by atoms with Crippen LogP contribution in [-0.4, -0.2) is 15.7 Å². The third-order valence-electron chi connectivity index (χ3n) is 4.52. The third-order valence-corrected chi connectivity index (χ3v) is 5.33. The van der Waals surface area contributed by atoms with E-state index in [0.29, 0.717) is 17.5 Å². The Hall–Kier alpha value is -2.53. The number of hydrogen-bond donors (Lipinski definition) is 0. The van der Waals surface area contributed by atoms with Gasteiger partial charge in [0.1, 0.15) is 10.7 Å². The Bertz CT molecular complexity index is 889. The summed E-state index contributed by atoms with van der Waals surface area (Å²) in [6, 6.07) is 9.63. The van der Waals surface area contributed by atoms with E-state index in [9.17, 15) is 0 Å². The molecule has 0 fully saturated rings. The predicted octanol–water partition coefficient (Wildman–Crippen LogP) is 6.44. The second-order valence-electron chi connectivity index (χ2n) is 6.25. The number of hydrogen-bond acceptors (Lipinski definition) is 5. The van der Waals surface area contributed by atoms with E-state index >= 15 is 0 Å². The zero-order valence-corrected chi connectivity index (χ0v) is 16.4. The second kappa shape index (κ2) is 8.23. The standard InChI is InChI=1S/C21H23N3OS/c1-5-14(2)16(4)24-20-15(3)17(21-23-12-13-26-21)9-10-18(20)25-19-8-6-7-11-22-19/h6-14H,5H2,1-4H3/b24-16-. The molecule has 3 rings (SSSR count). The van der Waals surface area contributed by atoms with E-state index in [1.807, 2.05) is 41.9 Å². The van der Waals surface area contributed by atoms with Crippen LogP contribution in [0, 0.1) is 12.8 Å². The number of benzene rings is 1. The average Bonchev–Trinajstić information content (AvgIpc) is 3.19. The van der Waals surface area contributed by atoms with Crippen molar-refractivity contribution < 1.29 is 4.74 Å². The van der Waals surface area contributed by atoms with Gasteiger partial charge in [0, 0.05) is 35.1 Å². The molecule has 0 N–H and O–H groups in total. The normalized spacial score (nSPS) is 12.8. The highest BCUT2D eigenvalue weighted by Crippen LogP contribution is 2.40. The van der Waals surface area contributed by atoms with Crippen LogP contribution in [-0.2, 0) is 0 Å². The minimum atomic E-state index is 0.417. The van der Waals surface area contributed by atoms with E-state index in [0.717, 1.165) is 34.0 Å². The summed E-state index contributed by atoms with van der Waals surface area (Å²) in [6.07, 6.45) is 4.60. The fourth-order valence-corrected chi connectivity index (χ4v) is 3.31. The molecule has 0 bridgehead atoms. The van der Waals surface area contributed by atoms with Crippen LogP contribution in [0.4, 0.5) is 5.69 Å². The zero-order chi connectivity index (χ0) is 18.5. The SMILES string of the molecule is CCC(C)/C(C)=N\c1c(Oc2ccccn2)ccc(-c2nccs2)c1C. The molecule has 0 amide bonds. The summed E-state index contributed by atoms with van der Waals surface area (Å²) in [7, 11) is 0. The van der Waals surface area contributed by atoms with E-state index in [-0.39, 0.29) is 0 Å². The van der Waals surface area contributed by atoms with Crippen LogP contribution in [0.1, 0.15) is 32.8 Å². The Labute approximate surface area is 158 Å². The highest BCUT2D eigenvalue weighted by atomic mass is 32.1. The summed E-state index contributed by atoms with van der Waals surface area (Å²) >= 11 is 1.63. The lowest BCUT2D eigenvalue weighted by atomic mass is 10.0. The number of thiazole rings is 1. The summed E-state index contributed by atoms with van der Waals surface area (Å²) in [6.45, 7) is 8.52. The summed E-state index contributed by atoms with van der Waals surface area (Å²) in [5, 5.41) is 2.98. The molecule has 4 nitrogen and oxygen atoms in total. The van der Waals surface area contributed by atoms with Crippen molar-refractivity contribution in [3.05, 3.63) is 53.7 Å². The van der Waals surface area contributed by atoms with Crippen LogP contribution in [0.5, 0.6) is 11.6 Å². The molecule has 0 aliphatic heterocycles. The van der Waals surface area contributed by atoms with Crippen molar-refractivity contribution in [3.8, 4) is 22.2 Å². The van der Waals surface area contributed by atoms with Gasteiger partial charge in [-0.3, -0.25) is 4.99 Å². The van der Waals surface area contributed by atoms with Crippen LogP contribution < -0.4 is 4.74 Å². The third kappa shape index (κ3) is 3.99. The van der Waals surface area contributed by atoms with Crippen LogP contribution >= 0.6 is 11.3 Å². The number of nitrogens with zero attached hydrogens (tertiary/aromatic N) is 3. The van der Waals surface area contributed by atoms with Gasteiger partial charge in [0.05, 0.1) is 0 Å². The lowest BCUT2D eigenvalue weighted by Crippen LogP contribution is -2.05. The quantitative estimate of drug-likeness (QED) is 0.472. The maximum atomic E-state index is 6.04. The first-order valence-corrected chi connectivity index (χ1v) is 9.65. The molecule has 26 heavy (non-hydrogen) atoms. The van der Waals surface area contributed by atoms with Gasteiger partial charge >= 0.3 is 0 Å². The fourth-order valence-electron chi connectivity index (χ4n) is 2.59. The highest BCUT2D eigenvalue weighted by molar-refractivity contribution is 7.13. The Morgan fingerprint density at radius 1 is 1.19 bits per heavy atom. The molecule has 0 spiro atoms. The predicted molar refractivity (Wildman–Crippen MR) is 109 cm³/mol. The Morgan fingerprint density at radius 3 is 2.69 bits per heavy atom. The molecule has 1 aromatic carbocycles. The van der Waals surface area contributed by atoms with Crippen molar-refractivity contribution in [2.24, 2.45) is 10.9 Å². The Morgan fingerprint density at radius 2 is 2.04 bits per heavy atom. The van der Waals surface area contributed by atoms with Gasteiger partial charge in [-0.25, -0.2) is 9.97 Å². The van der Waals surface area contributed by atoms with Crippen molar-refractivity contribution >= 4 is 22.7 Å². The molecule has 0 saturated carbocycles. The molecule has 0 saturated heterocycles. The van der Waals surface area contributed by atoms with Gasteiger partial charge < -0.3 is 4.74 Å². The van der Waals surface area contributed by atoms with Gasteiger partial charge in [-0.1, -0.05) is 19.9 Å². The monoisotopic (exact) mass is 365 g/mol. The largest absolute Gasteiger partial charge is 0.437 e. The first-order valence-electron chi connectivity index (χ1n) is 8.77. The van der Waals surface area contributed by atoms with Crippen molar-refractivity contribution in [1.29, 1.82) is 0 Å². The average molecular weight is 366 g/mol. The van der Waals surface area contributed by atoms with Gasteiger partial charge in [0.25, 0.3) is 0 Å². The summed E-state index contributed by atoms with van der Waals surface area (Å²) in [4.78, 5) is 13.7. The minimum absolute atomic E-state index is 0.417. The fraction of sp³-hybridized carbons (Fsp3) is 0.286. The van der Waals surface area contributed by atoms with E-state index in [1.54, 1.807) is 17.5 Å². The van der Waals surface area contributed by atoms with Gasteiger partial charge in [-0.2, -0.15) is 0 Å². The maximum Gasteiger partial charge on any atom is 0.219 e. The van der Waals surface area contributed by atoms with Crippen LogP contribution in [0.25, 0.3) is 10.6 Å². The van der Waals surface area contributed by atoms with E-state index in [1.165, 1.54) is 0 Å². The summed E-state index contributed by atoms with van der Waals surface area (Å²) < 4.78 is 6.04. The van der Waals surface area contributed by atoms with E-state index in [4.69, 9.17) is 9.73 Å². The van der Waals surface area contributed by atoms with Crippen LogP contribution in [0.15, 0.2) is 53.1 Å². The number of aromatic nitrogens is 2. The number of aliphatic imine (C=N–C) groups is 1. The van der Waals surface area contributed by atoms with Gasteiger partial charge in [0.2, 0.25) is 5.88 Å². The van der Waals surface area contributed by atoms with Crippen molar-refractivity contribution in [3.63, 3.8) is 0 Å². The molecule has 134 valence electrons. The Kier molecular flexibility index (Phi) is 5.78.